The van der Waals surface area contributed by atoms with E-state index in [2.05, 4.69) is 10.3 Å². The van der Waals surface area contributed by atoms with Crippen molar-refractivity contribution in [3.8, 4) is 5.69 Å². The molecule has 1 heterocycles. The number of rotatable bonds is 5. The van der Waals surface area contributed by atoms with Gasteiger partial charge in [0.1, 0.15) is 7.37 Å². The summed E-state index contributed by atoms with van der Waals surface area (Å²) in [5.74, 6) is -0.329. The summed E-state index contributed by atoms with van der Waals surface area (Å²) in [6, 6.07) is 21.7. The Morgan fingerprint density at radius 3 is 2.33 bits per heavy atom. The van der Waals surface area contributed by atoms with E-state index in [0.717, 1.165) is 0 Å². The third kappa shape index (κ3) is 3.94. The minimum absolute atomic E-state index is 0.0541. The van der Waals surface area contributed by atoms with Crippen LogP contribution in [0.25, 0.3) is 5.69 Å². The molecule has 150 valence electrons. The van der Waals surface area contributed by atoms with Gasteiger partial charge in [-0.1, -0.05) is 54.1 Å². The van der Waals surface area contributed by atoms with Gasteiger partial charge in [0, 0.05) is 29.1 Å². The van der Waals surface area contributed by atoms with Crippen LogP contribution in [0.1, 0.15) is 10.4 Å². The molecule has 0 radical (unpaired) electrons. The van der Waals surface area contributed by atoms with E-state index in [4.69, 9.17) is 11.6 Å². The van der Waals surface area contributed by atoms with Crippen molar-refractivity contribution in [2.75, 3.05) is 5.32 Å². The second-order valence-corrected chi connectivity index (χ2v) is 8.89. The number of halogens is 1. The highest BCUT2D eigenvalue weighted by atomic mass is 35.5. The molecule has 0 bridgehead atoms. The van der Waals surface area contributed by atoms with Gasteiger partial charge in [-0.2, -0.15) is 0 Å². The molecule has 0 fully saturated rings. The fraction of sp³-hybridized carbons (Fsp3) is 0. The molecule has 0 saturated carbocycles. The van der Waals surface area contributed by atoms with E-state index in [1.807, 2.05) is 0 Å². The Bertz CT molecular complexity index is 1240. The summed E-state index contributed by atoms with van der Waals surface area (Å²) in [6.45, 7) is 0. The highest BCUT2D eigenvalue weighted by Crippen LogP contribution is 2.33. The fourth-order valence-electron chi connectivity index (χ4n) is 3.00. The number of carbonyl (C=O) groups excluding carboxylic acids is 1. The van der Waals surface area contributed by atoms with Gasteiger partial charge in [0.15, 0.2) is 5.57 Å². The van der Waals surface area contributed by atoms with E-state index in [9.17, 15) is 14.3 Å². The predicted molar refractivity (Wildman–Crippen MR) is 116 cm³/mol. The van der Waals surface area contributed by atoms with E-state index < -0.39 is 7.37 Å². The van der Waals surface area contributed by atoms with Crippen molar-refractivity contribution in [3.05, 3.63) is 102 Å². The van der Waals surface area contributed by atoms with Crippen molar-refractivity contribution in [1.29, 1.82) is 0 Å². The average Bonchev–Trinajstić information content (AvgIpc) is 3.26. The minimum atomic E-state index is -4.12. The molecule has 0 saturated heterocycles. The zero-order valence-electron chi connectivity index (χ0n) is 15.6. The number of nitrogens with zero attached hydrogens (tertiary/aromatic N) is 2. The van der Waals surface area contributed by atoms with Gasteiger partial charge in [-0.25, -0.2) is 4.98 Å². The first-order valence-corrected chi connectivity index (χ1v) is 11.0. The topological polar surface area (TPSA) is 87.0 Å². The summed E-state index contributed by atoms with van der Waals surface area (Å²) < 4.78 is 14.5. The fourth-order valence-corrected chi connectivity index (χ4v) is 4.71. The standard InChI is InChI=1S/C22H17ClN3O3P/c23-20-9-5-4-8-19(20)21(27)25-16-10-12-17(13-11-16)26-15-14-24-22(26)30(28,29)18-6-2-1-3-7-18/h1-15H,(H,25,27)(H,28,29)/p-1. The maximum Gasteiger partial charge on any atom is 0.257 e. The number of amides is 1. The Morgan fingerprint density at radius 1 is 0.967 bits per heavy atom. The zero-order valence-corrected chi connectivity index (χ0v) is 17.3. The third-order valence-electron chi connectivity index (χ3n) is 4.50. The van der Waals surface area contributed by atoms with Crippen LogP contribution in [0.2, 0.25) is 5.02 Å². The first-order valence-electron chi connectivity index (χ1n) is 9.04. The van der Waals surface area contributed by atoms with Gasteiger partial charge in [0.25, 0.3) is 5.91 Å². The minimum Gasteiger partial charge on any atom is -0.790 e. The number of hydrogen-bond acceptors (Lipinski definition) is 4. The van der Waals surface area contributed by atoms with Crippen LogP contribution >= 0.6 is 19.0 Å². The van der Waals surface area contributed by atoms with Crippen LogP contribution in [0.3, 0.4) is 0 Å². The largest absolute Gasteiger partial charge is 0.790 e. The van der Waals surface area contributed by atoms with Gasteiger partial charge in [0.2, 0.25) is 0 Å². The molecule has 4 rings (SSSR count). The van der Waals surface area contributed by atoms with Crippen LogP contribution in [0.15, 0.2) is 91.3 Å². The Balaban J connectivity index is 1.59. The van der Waals surface area contributed by atoms with Crippen molar-refractivity contribution in [3.63, 3.8) is 0 Å². The van der Waals surface area contributed by atoms with Crippen LogP contribution in [0, 0.1) is 0 Å². The van der Waals surface area contributed by atoms with E-state index in [0.29, 0.717) is 22.0 Å². The van der Waals surface area contributed by atoms with Crippen LogP contribution in [-0.2, 0) is 4.57 Å². The summed E-state index contributed by atoms with van der Waals surface area (Å²) in [6.07, 6.45) is 3.02. The SMILES string of the molecule is O=C(Nc1ccc(-n2ccnc2P(=O)([O-])c2ccccc2)cc1)c1ccccc1Cl. The van der Waals surface area contributed by atoms with Crippen LogP contribution in [-0.4, -0.2) is 15.5 Å². The van der Waals surface area contributed by atoms with Gasteiger partial charge in [-0.3, -0.25) is 9.36 Å². The molecule has 4 aromatic rings. The summed E-state index contributed by atoms with van der Waals surface area (Å²) >= 11 is 6.06. The molecule has 0 spiro atoms. The number of imidazole rings is 1. The van der Waals surface area contributed by atoms with E-state index in [1.54, 1.807) is 85.1 Å². The second kappa shape index (κ2) is 8.28. The molecular weight excluding hydrogens is 421 g/mol. The Kier molecular flexibility index (Phi) is 5.55. The lowest BCUT2D eigenvalue weighted by molar-refractivity contribution is -0.167. The molecular formula is C22H16ClN3O3P-. The lowest BCUT2D eigenvalue weighted by Crippen LogP contribution is -2.31. The molecule has 30 heavy (non-hydrogen) atoms. The van der Waals surface area contributed by atoms with Gasteiger partial charge in [-0.05, 0) is 36.4 Å². The number of hydrogen-bond donors (Lipinski definition) is 1. The van der Waals surface area contributed by atoms with Crippen molar-refractivity contribution < 1.29 is 14.3 Å². The summed E-state index contributed by atoms with van der Waals surface area (Å²) in [4.78, 5) is 29.4. The molecule has 0 aliphatic rings. The number of aromatic nitrogens is 2. The van der Waals surface area contributed by atoms with Crippen LogP contribution in [0.4, 0.5) is 5.69 Å². The molecule has 1 amide bonds. The Labute approximate surface area is 178 Å². The van der Waals surface area contributed by atoms with Gasteiger partial charge < -0.3 is 14.8 Å². The zero-order chi connectivity index (χ0) is 21.1. The summed E-state index contributed by atoms with van der Waals surface area (Å²) in [5, 5.41) is 3.34. The molecule has 1 N–H and O–H groups in total. The summed E-state index contributed by atoms with van der Waals surface area (Å²) in [7, 11) is -4.12. The summed E-state index contributed by atoms with van der Waals surface area (Å²) in [5.41, 5.74) is 1.47. The quantitative estimate of drug-likeness (QED) is 0.486. The second-order valence-electron chi connectivity index (χ2n) is 6.47. The van der Waals surface area contributed by atoms with Crippen molar-refractivity contribution in [2.24, 2.45) is 0 Å². The van der Waals surface area contributed by atoms with E-state index in [-0.39, 0.29) is 16.8 Å². The lowest BCUT2D eigenvalue weighted by atomic mass is 10.2. The van der Waals surface area contributed by atoms with Gasteiger partial charge in [-0.15, -0.1) is 0 Å². The van der Waals surface area contributed by atoms with Crippen LogP contribution < -0.4 is 21.1 Å². The average molecular weight is 437 g/mol. The number of anilines is 1. The number of benzene rings is 3. The first-order chi connectivity index (χ1) is 14.5. The van der Waals surface area contributed by atoms with Gasteiger partial charge in [0.05, 0.1) is 10.6 Å². The molecule has 8 heteroatoms. The molecule has 3 aromatic carbocycles. The van der Waals surface area contributed by atoms with Gasteiger partial charge >= 0.3 is 0 Å². The molecule has 0 aliphatic carbocycles. The van der Waals surface area contributed by atoms with Crippen molar-refractivity contribution >= 4 is 41.4 Å². The van der Waals surface area contributed by atoms with E-state index >= 15 is 0 Å². The molecule has 1 aromatic heterocycles. The smallest absolute Gasteiger partial charge is 0.257 e. The van der Waals surface area contributed by atoms with E-state index in [1.165, 1.54) is 10.8 Å². The Morgan fingerprint density at radius 2 is 1.63 bits per heavy atom. The first kappa shape index (κ1) is 20.1. The maximum atomic E-state index is 13.0. The predicted octanol–water partition coefficient (Wildman–Crippen LogP) is 3.37. The third-order valence-corrected chi connectivity index (χ3v) is 6.67. The monoisotopic (exact) mass is 436 g/mol. The molecule has 0 aliphatic heterocycles. The highest BCUT2D eigenvalue weighted by molar-refractivity contribution is 7.71. The Hall–Kier alpha value is -3.18. The lowest BCUT2D eigenvalue weighted by Gasteiger charge is -2.24. The maximum absolute atomic E-state index is 13.0. The van der Waals surface area contributed by atoms with Crippen LogP contribution in [0.5, 0.6) is 0 Å². The molecule has 1 atom stereocenters. The normalized spacial score (nSPS) is 12.9. The number of carbonyl (C=O) groups is 1. The molecule has 1 unspecified atom stereocenters. The van der Waals surface area contributed by atoms with Crippen molar-refractivity contribution in [1.82, 2.24) is 9.55 Å². The number of nitrogens with one attached hydrogen (secondary N) is 1. The van der Waals surface area contributed by atoms with Crippen molar-refractivity contribution in [2.45, 2.75) is 0 Å². The highest BCUT2D eigenvalue weighted by Gasteiger charge is 2.20. The molecule has 6 nitrogen and oxygen atoms in total.